The molecule has 0 aromatic rings. The van der Waals surface area contributed by atoms with Crippen LogP contribution in [0.3, 0.4) is 0 Å². The summed E-state index contributed by atoms with van der Waals surface area (Å²) < 4.78 is 24.6. The average Bonchev–Trinajstić information content (AvgIpc) is 1.75. The van der Waals surface area contributed by atoms with Crippen molar-refractivity contribution < 1.29 is 13.6 Å². The number of carbonyl (C=O) groups excluding carboxylic acids is 1. The van der Waals surface area contributed by atoms with E-state index in [-0.39, 0.29) is 6.10 Å². The normalized spacial score (nSPS) is 26.8. The van der Waals surface area contributed by atoms with Crippen molar-refractivity contribution >= 4 is 5.97 Å². The van der Waals surface area contributed by atoms with E-state index in [2.05, 4.69) is 10.1 Å². The molecule has 0 atom stereocenters. The Bertz CT molecular complexity index is 164. The maximum atomic E-state index is 10.7. The molecule has 0 amide bonds. The van der Waals surface area contributed by atoms with Gasteiger partial charge in [-0.15, -0.1) is 0 Å². The number of rotatable bonds is 1. The maximum absolute atomic E-state index is 10.7. The van der Waals surface area contributed by atoms with Crippen molar-refractivity contribution in [1.29, 1.82) is 0 Å². The number of hydrogen-bond acceptors (Lipinski definition) is 3. The fourth-order valence-corrected chi connectivity index (χ4v) is 0.497. The molecule has 0 bridgehead atoms. The summed E-state index contributed by atoms with van der Waals surface area (Å²) in [5.74, 6) is -1.11. The third-order valence-electron chi connectivity index (χ3n) is 1.02. The van der Waals surface area contributed by atoms with E-state index in [9.17, 15) is 4.79 Å². The molecule has 1 N–H and O–H groups in total. The van der Waals surface area contributed by atoms with Crippen LogP contribution in [0.5, 0.6) is 0 Å². The van der Waals surface area contributed by atoms with Gasteiger partial charge in [-0.1, -0.05) is 0 Å². The molecule has 1 aliphatic rings. The quantitative estimate of drug-likeness (QED) is 0.473. The summed E-state index contributed by atoms with van der Waals surface area (Å²) in [5.41, 5.74) is 0. The third-order valence-corrected chi connectivity index (χ3v) is 1.02. The molecular weight excluding hydrogens is 106 g/mol. The first-order valence-electron chi connectivity index (χ1n) is 3.92. The highest BCUT2D eigenvalue weighted by molar-refractivity contribution is 5.66. The second-order valence-electron chi connectivity index (χ2n) is 1.69. The average molecular weight is 118 g/mol. The van der Waals surface area contributed by atoms with Crippen molar-refractivity contribution in [2.45, 2.75) is 13.0 Å². The molecule has 0 spiro atoms. The molecule has 0 aromatic carbocycles. The van der Waals surface area contributed by atoms with Gasteiger partial charge in [-0.25, -0.2) is 0 Å². The Hall–Kier alpha value is -0.570. The summed E-state index contributed by atoms with van der Waals surface area (Å²) in [4.78, 5) is 10.7. The fourth-order valence-electron chi connectivity index (χ4n) is 0.497. The third kappa shape index (κ3) is 1.20. The van der Waals surface area contributed by atoms with E-state index in [1.165, 1.54) is 0 Å². The Balaban J connectivity index is 2.30. The molecule has 1 rings (SSSR count). The molecular formula is C5H9NO2. The van der Waals surface area contributed by atoms with Crippen LogP contribution >= 0.6 is 0 Å². The highest BCUT2D eigenvalue weighted by atomic mass is 16.5. The molecule has 8 heavy (non-hydrogen) atoms. The minimum Gasteiger partial charge on any atom is -0.460 e. The fraction of sp³-hybridized carbons (Fsp3) is 0.800. The van der Waals surface area contributed by atoms with Crippen LogP contribution in [0.2, 0.25) is 0 Å². The number of esters is 1. The van der Waals surface area contributed by atoms with E-state index in [4.69, 9.17) is 4.11 Å². The molecule has 3 nitrogen and oxygen atoms in total. The summed E-state index contributed by atoms with van der Waals surface area (Å²) in [6.45, 7) is -1.50. The van der Waals surface area contributed by atoms with Crippen LogP contribution in [-0.2, 0) is 9.53 Å². The second kappa shape index (κ2) is 2.13. The highest BCUT2D eigenvalue weighted by Gasteiger charge is 2.18. The largest absolute Gasteiger partial charge is 0.460 e. The lowest BCUT2D eigenvalue weighted by Gasteiger charge is -2.25. The maximum Gasteiger partial charge on any atom is 0.302 e. The zero-order valence-corrected chi connectivity index (χ0v) is 4.31. The Labute approximate surface area is 52.2 Å². The van der Waals surface area contributed by atoms with Gasteiger partial charge in [0.25, 0.3) is 0 Å². The minimum atomic E-state index is -2.62. The lowest BCUT2D eigenvalue weighted by Crippen LogP contribution is -2.49. The summed E-state index contributed by atoms with van der Waals surface area (Å²) in [7, 11) is 0. The first-order chi connectivity index (χ1) is 5.00. The number of ether oxygens (including phenoxy) is 1. The molecule has 0 unspecified atom stereocenters. The van der Waals surface area contributed by atoms with E-state index in [0.29, 0.717) is 13.1 Å². The van der Waals surface area contributed by atoms with Crippen LogP contribution in [0.25, 0.3) is 0 Å². The first kappa shape index (κ1) is 2.82. The van der Waals surface area contributed by atoms with Crippen LogP contribution < -0.4 is 5.32 Å². The lowest BCUT2D eigenvalue weighted by molar-refractivity contribution is -0.148. The number of nitrogens with one attached hydrogen (secondary N) is 1. The van der Waals surface area contributed by atoms with Crippen LogP contribution in [-0.4, -0.2) is 25.2 Å². The van der Waals surface area contributed by atoms with Crippen LogP contribution in [0.4, 0.5) is 0 Å². The Kier molecular flexibility index (Phi) is 0.753. The standard InChI is InChI=1S/C5H9NO2/c1-4(7)8-5-2-6-3-5/h5-6H,2-3H2,1H3/i1D3. The predicted octanol–water partition coefficient (Wildman–Crippen LogP) is -0.479. The molecule has 0 aromatic heterocycles. The van der Waals surface area contributed by atoms with Gasteiger partial charge in [0.2, 0.25) is 0 Å². The smallest absolute Gasteiger partial charge is 0.302 e. The van der Waals surface area contributed by atoms with E-state index in [1.807, 2.05) is 0 Å². The molecule has 0 radical (unpaired) electrons. The van der Waals surface area contributed by atoms with Crippen molar-refractivity contribution in [1.82, 2.24) is 5.32 Å². The van der Waals surface area contributed by atoms with E-state index >= 15 is 0 Å². The van der Waals surface area contributed by atoms with Gasteiger partial charge in [0, 0.05) is 24.1 Å². The lowest BCUT2D eigenvalue weighted by atomic mass is 10.2. The van der Waals surface area contributed by atoms with Crippen molar-refractivity contribution in [3.63, 3.8) is 0 Å². The van der Waals surface area contributed by atoms with Gasteiger partial charge >= 0.3 is 5.97 Å². The van der Waals surface area contributed by atoms with Gasteiger partial charge in [-0.3, -0.25) is 4.79 Å². The summed E-state index contributed by atoms with van der Waals surface area (Å²) in [6.07, 6.45) is -0.247. The first-order valence-corrected chi connectivity index (χ1v) is 2.42. The van der Waals surface area contributed by atoms with E-state index in [1.54, 1.807) is 0 Å². The van der Waals surface area contributed by atoms with Crippen molar-refractivity contribution in [2.75, 3.05) is 13.1 Å². The topological polar surface area (TPSA) is 38.3 Å². The minimum absolute atomic E-state index is 0.247. The molecule has 3 heteroatoms. The van der Waals surface area contributed by atoms with Crippen molar-refractivity contribution in [3.8, 4) is 0 Å². The Morgan fingerprint density at radius 1 is 2.00 bits per heavy atom. The molecule has 1 saturated heterocycles. The van der Waals surface area contributed by atoms with Gasteiger partial charge in [0.1, 0.15) is 6.10 Å². The monoisotopic (exact) mass is 118 g/mol. The van der Waals surface area contributed by atoms with E-state index in [0.717, 1.165) is 0 Å². The molecule has 1 heterocycles. The zero-order valence-electron chi connectivity index (χ0n) is 7.31. The van der Waals surface area contributed by atoms with Crippen LogP contribution in [0.15, 0.2) is 0 Å². The second-order valence-corrected chi connectivity index (χ2v) is 1.69. The Morgan fingerprint density at radius 2 is 2.75 bits per heavy atom. The molecule has 46 valence electrons. The Morgan fingerprint density at radius 3 is 3.12 bits per heavy atom. The van der Waals surface area contributed by atoms with Crippen LogP contribution in [0, 0.1) is 0 Å². The molecule has 1 fully saturated rings. The van der Waals surface area contributed by atoms with E-state index < -0.39 is 12.8 Å². The van der Waals surface area contributed by atoms with Gasteiger partial charge in [0.05, 0.1) is 0 Å². The summed E-state index contributed by atoms with van der Waals surface area (Å²) in [6, 6.07) is 0. The number of hydrogen-bond donors (Lipinski definition) is 1. The highest BCUT2D eigenvalue weighted by Crippen LogP contribution is 1.96. The molecule has 1 aliphatic heterocycles. The summed E-state index contributed by atoms with van der Waals surface area (Å²) >= 11 is 0. The molecule has 0 aliphatic carbocycles. The molecule has 0 saturated carbocycles. The predicted molar refractivity (Wildman–Crippen MR) is 28.4 cm³/mol. The summed E-state index contributed by atoms with van der Waals surface area (Å²) in [5, 5.41) is 2.86. The SMILES string of the molecule is [2H]C([2H])([2H])C(=O)OC1CNC1. The van der Waals surface area contributed by atoms with Crippen molar-refractivity contribution in [3.05, 3.63) is 0 Å². The number of carbonyl (C=O) groups is 1. The van der Waals surface area contributed by atoms with Gasteiger partial charge in [-0.2, -0.15) is 0 Å². The van der Waals surface area contributed by atoms with Gasteiger partial charge in [0.15, 0.2) is 0 Å². The van der Waals surface area contributed by atoms with Gasteiger partial charge < -0.3 is 10.1 Å². The van der Waals surface area contributed by atoms with Crippen LogP contribution in [0.1, 0.15) is 11.0 Å². The zero-order chi connectivity index (χ0) is 8.48. The van der Waals surface area contributed by atoms with Gasteiger partial charge in [-0.05, 0) is 0 Å². The van der Waals surface area contributed by atoms with Crippen molar-refractivity contribution in [2.24, 2.45) is 0 Å².